The predicted molar refractivity (Wildman–Crippen MR) is 120 cm³/mol. The molecule has 0 amide bonds. The number of ether oxygens (including phenoxy) is 1. The maximum atomic E-state index is 10.7. The molecule has 2 aliphatic rings. The molecule has 2 aromatic carbocycles. The van der Waals surface area contributed by atoms with Crippen molar-refractivity contribution in [1.29, 1.82) is 0 Å². The monoisotopic (exact) mass is 410 g/mol. The van der Waals surface area contributed by atoms with E-state index in [4.69, 9.17) is 15.6 Å². The maximum Gasteiger partial charge on any atom is 0.307 e. The first-order valence-corrected chi connectivity index (χ1v) is 11.0. The summed E-state index contributed by atoms with van der Waals surface area (Å²) in [6.07, 6.45) is 4.98. The molecule has 0 radical (unpaired) electrons. The summed E-state index contributed by atoms with van der Waals surface area (Å²) in [5.41, 5.74) is 9.19. The minimum atomic E-state index is -0.814. The Bertz CT molecular complexity index is 797. The van der Waals surface area contributed by atoms with Gasteiger partial charge in [0.2, 0.25) is 0 Å². The van der Waals surface area contributed by atoms with Crippen LogP contribution in [-0.4, -0.2) is 48.3 Å². The van der Waals surface area contributed by atoms with Crippen molar-refractivity contribution < 1.29 is 14.6 Å². The molecular formula is C25H34N2O3. The van der Waals surface area contributed by atoms with E-state index in [9.17, 15) is 4.79 Å². The molecule has 5 nitrogen and oxygen atoms in total. The van der Waals surface area contributed by atoms with Gasteiger partial charge in [0.15, 0.2) is 0 Å². The Morgan fingerprint density at radius 1 is 1.10 bits per heavy atom. The Labute approximate surface area is 179 Å². The van der Waals surface area contributed by atoms with Crippen LogP contribution in [0, 0.1) is 6.92 Å². The lowest BCUT2D eigenvalue weighted by Gasteiger charge is -2.29. The van der Waals surface area contributed by atoms with Crippen LogP contribution < -0.4 is 10.5 Å². The van der Waals surface area contributed by atoms with Crippen LogP contribution in [-0.2, 0) is 11.2 Å². The minimum Gasteiger partial charge on any atom is -0.492 e. The highest BCUT2D eigenvalue weighted by Gasteiger charge is 2.22. The zero-order valence-electron chi connectivity index (χ0n) is 17.9. The zero-order chi connectivity index (χ0) is 21.3. The van der Waals surface area contributed by atoms with Crippen LogP contribution in [0.4, 0.5) is 0 Å². The lowest BCUT2D eigenvalue weighted by atomic mass is 10.1. The smallest absolute Gasteiger partial charge is 0.307 e. The lowest BCUT2D eigenvalue weighted by molar-refractivity contribution is -0.136. The number of nitrogens with two attached hydrogens (primary N) is 1. The highest BCUT2D eigenvalue weighted by atomic mass is 16.5. The molecule has 1 aliphatic heterocycles. The number of likely N-dealkylation sites (tertiary alicyclic amines) is 1. The van der Waals surface area contributed by atoms with E-state index in [1.807, 2.05) is 25.1 Å². The second-order valence-corrected chi connectivity index (χ2v) is 8.38. The highest BCUT2D eigenvalue weighted by Crippen LogP contribution is 2.39. The summed E-state index contributed by atoms with van der Waals surface area (Å²) in [6, 6.07) is 16.7. The fraction of sp³-hybridized carbons (Fsp3) is 0.480. The summed E-state index contributed by atoms with van der Waals surface area (Å²) in [6.45, 7) is 5.58. The van der Waals surface area contributed by atoms with Crippen LogP contribution >= 0.6 is 0 Å². The largest absolute Gasteiger partial charge is 0.492 e. The molecule has 5 heteroatoms. The summed E-state index contributed by atoms with van der Waals surface area (Å²) < 4.78 is 5.81. The number of aliphatic carboxylic acids is 1. The molecule has 162 valence electrons. The Kier molecular flexibility index (Phi) is 8.29. The van der Waals surface area contributed by atoms with E-state index in [0.29, 0.717) is 12.6 Å². The SMILES string of the molecule is Cc1cc(CC(=O)O)ccc1OCCN1CCC(N)CC1.c1ccc(C2CC2)cc1. The van der Waals surface area contributed by atoms with Crippen LogP contribution in [0.15, 0.2) is 48.5 Å². The van der Waals surface area contributed by atoms with E-state index >= 15 is 0 Å². The Morgan fingerprint density at radius 2 is 1.80 bits per heavy atom. The fourth-order valence-corrected chi connectivity index (χ4v) is 3.76. The number of hydrogen-bond donors (Lipinski definition) is 2. The summed E-state index contributed by atoms with van der Waals surface area (Å²) in [4.78, 5) is 13.1. The first-order chi connectivity index (χ1) is 14.5. The molecule has 1 saturated heterocycles. The second kappa shape index (κ2) is 11.1. The van der Waals surface area contributed by atoms with Crippen molar-refractivity contribution in [2.45, 2.75) is 51.0 Å². The molecule has 3 N–H and O–H groups in total. The third-order valence-corrected chi connectivity index (χ3v) is 5.74. The van der Waals surface area contributed by atoms with Crippen molar-refractivity contribution in [1.82, 2.24) is 4.90 Å². The summed E-state index contributed by atoms with van der Waals surface area (Å²) >= 11 is 0. The van der Waals surface area contributed by atoms with E-state index in [1.54, 1.807) is 0 Å². The number of piperidine rings is 1. The van der Waals surface area contributed by atoms with Gasteiger partial charge >= 0.3 is 5.97 Å². The molecule has 1 aliphatic carbocycles. The first kappa shape index (κ1) is 22.3. The number of carbonyl (C=O) groups is 1. The molecule has 4 rings (SSSR count). The predicted octanol–water partition coefficient (Wildman–Crippen LogP) is 3.99. The number of hydrogen-bond acceptors (Lipinski definition) is 4. The standard InChI is InChI=1S/C16H24N2O3.C9H10/c1-12-10-13(11-16(19)20)2-3-15(12)21-9-8-18-6-4-14(17)5-7-18;1-2-4-8(5-3-1)9-6-7-9/h2-3,10,14H,4-9,11,17H2,1H3,(H,19,20);1-5,9H,6-7H2. The molecule has 2 fully saturated rings. The van der Waals surface area contributed by atoms with Crippen LogP contribution in [0.2, 0.25) is 0 Å². The number of nitrogens with zero attached hydrogens (tertiary/aromatic N) is 1. The number of aryl methyl sites for hydroxylation is 1. The molecule has 1 heterocycles. The van der Waals surface area contributed by atoms with Gasteiger partial charge in [-0.05, 0) is 74.4 Å². The van der Waals surface area contributed by atoms with Gasteiger partial charge in [-0.15, -0.1) is 0 Å². The quantitative estimate of drug-likeness (QED) is 0.722. The van der Waals surface area contributed by atoms with Gasteiger partial charge in [0, 0.05) is 12.6 Å². The van der Waals surface area contributed by atoms with Gasteiger partial charge in [-0.25, -0.2) is 0 Å². The van der Waals surface area contributed by atoms with Crippen molar-refractivity contribution in [3.05, 3.63) is 65.2 Å². The van der Waals surface area contributed by atoms with Crippen LogP contribution in [0.25, 0.3) is 0 Å². The van der Waals surface area contributed by atoms with Crippen molar-refractivity contribution in [2.75, 3.05) is 26.2 Å². The Hall–Kier alpha value is -2.37. The van der Waals surface area contributed by atoms with Crippen molar-refractivity contribution >= 4 is 5.97 Å². The molecule has 30 heavy (non-hydrogen) atoms. The van der Waals surface area contributed by atoms with Crippen LogP contribution in [0.3, 0.4) is 0 Å². The van der Waals surface area contributed by atoms with Crippen LogP contribution in [0.5, 0.6) is 5.75 Å². The van der Waals surface area contributed by atoms with Gasteiger partial charge in [-0.3, -0.25) is 9.69 Å². The molecule has 0 spiro atoms. The third kappa shape index (κ3) is 7.47. The number of carboxylic acids is 1. The number of carboxylic acid groups (broad SMARTS) is 1. The van der Waals surface area contributed by atoms with Crippen molar-refractivity contribution in [3.8, 4) is 5.75 Å². The van der Waals surface area contributed by atoms with E-state index < -0.39 is 5.97 Å². The van der Waals surface area contributed by atoms with E-state index in [1.165, 1.54) is 18.4 Å². The summed E-state index contributed by atoms with van der Waals surface area (Å²) in [5, 5.41) is 8.79. The van der Waals surface area contributed by atoms with Gasteiger partial charge in [-0.2, -0.15) is 0 Å². The molecule has 2 aromatic rings. The van der Waals surface area contributed by atoms with Crippen LogP contribution in [0.1, 0.15) is 48.3 Å². The topological polar surface area (TPSA) is 75.8 Å². The molecular weight excluding hydrogens is 376 g/mol. The van der Waals surface area contributed by atoms with Gasteiger partial charge in [0.05, 0.1) is 6.42 Å². The average Bonchev–Trinajstić information content (AvgIpc) is 3.57. The average molecular weight is 411 g/mol. The van der Waals surface area contributed by atoms with Gasteiger partial charge in [0.25, 0.3) is 0 Å². The van der Waals surface area contributed by atoms with Gasteiger partial charge in [0.1, 0.15) is 12.4 Å². The van der Waals surface area contributed by atoms with Gasteiger partial charge in [-0.1, -0.05) is 42.5 Å². The zero-order valence-corrected chi connectivity index (χ0v) is 17.9. The molecule has 0 bridgehead atoms. The van der Waals surface area contributed by atoms with E-state index in [-0.39, 0.29) is 6.42 Å². The minimum absolute atomic E-state index is 0.0507. The highest BCUT2D eigenvalue weighted by molar-refractivity contribution is 5.70. The normalized spacial score (nSPS) is 17.1. The first-order valence-electron chi connectivity index (χ1n) is 11.0. The molecule has 0 aromatic heterocycles. The number of benzene rings is 2. The Balaban J connectivity index is 0.000000234. The maximum absolute atomic E-state index is 10.7. The lowest BCUT2D eigenvalue weighted by Crippen LogP contribution is -2.41. The van der Waals surface area contributed by atoms with E-state index in [0.717, 1.165) is 55.3 Å². The summed E-state index contributed by atoms with van der Waals surface area (Å²) in [5.74, 6) is 0.926. The second-order valence-electron chi connectivity index (χ2n) is 8.38. The number of rotatable bonds is 7. The fourth-order valence-electron chi connectivity index (χ4n) is 3.76. The van der Waals surface area contributed by atoms with E-state index in [2.05, 4.69) is 35.2 Å². The molecule has 0 atom stereocenters. The van der Waals surface area contributed by atoms with Gasteiger partial charge < -0.3 is 15.6 Å². The van der Waals surface area contributed by atoms with Crippen molar-refractivity contribution in [3.63, 3.8) is 0 Å². The molecule has 1 saturated carbocycles. The Morgan fingerprint density at radius 3 is 2.40 bits per heavy atom. The molecule has 0 unspecified atom stereocenters. The third-order valence-electron chi connectivity index (χ3n) is 5.74. The summed E-state index contributed by atoms with van der Waals surface area (Å²) in [7, 11) is 0. The van der Waals surface area contributed by atoms with Crippen molar-refractivity contribution in [2.24, 2.45) is 5.73 Å².